The average Bonchev–Trinajstić information content (AvgIpc) is 2.62. The summed E-state index contributed by atoms with van der Waals surface area (Å²) in [5.74, 6) is 0. The summed E-state index contributed by atoms with van der Waals surface area (Å²) in [5.41, 5.74) is 2.32. The Morgan fingerprint density at radius 3 is 2.41 bits per heavy atom. The molecule has 0 saturated carbocycles. The molecule has 0 aliphatic carbocycles. The van der Waals surface area contributed by atoms with Crippen LogP contribution in [0.1, 0.15) is 21.4 Å². The van der Waals surface area contributed by atoms with Crippen LogP contribution in [0.15, 0.2) is 37.0 Å². The van der Waals surface area contributed by atoms with E-state index in [4.69, 9.17) is 11.6 Å². The van der Waals surface area contributed by atoms with Crippen LogP contribution in [0.5, 0.6) is 0 Å². The largest absolute Gasteiger partial charge is 0.130 e. The Bertz CT molecular complexity index is 531. The van der Waals surface area contributed by atoms with Crippen molar-refractivity contribution < 1.29 is 0 Å². The first-order chi connectivity index (χ1) is 7.99. The molecule has 90 valence electrons. The summed E-state index contributed by atoms with van der Waals surface area (Å²) in [6, 6.07) is 8.28. The number of halogens is 4. The van der Waals surface area contributed by atoms with Gasteiger partial charge in [-0.2, -0.15) is 0 Å². The minimum Gasteiger partial charge on any atom is -0.130 e. The SMILES string of the molecule is Cc1ccc(Br)c(C(Cl)c2cc(Br)c(Br)s2)c1. The fourth-order valence-electron chi connectivity index (χ4n) is 1.50. The van der Waals surface area contributed by atoms with Crippen LogP contribution in [0.25, 0.3) is 0 Å². The monoisotopic (exact) mass is 456 g/mol. The minimum absolute atomic E-state index is 0.128. The van der Waals surface area contributed by atoms with E-state index in [1.807, 2.05) is 6.07 Å². The van der Waals surface area contributed by atoms with Gasteiger partial charge in [0.05, 0.1) is 9.16 Å². The normalized spacial score (nSPS) is 12.8. The van der Waals surface area contributed by atoms with E-state index >= 15 is 0 Å². The van der Waals surface area contributed by atoms with Crippen molar-refractivity contribution >= 4 is 70.7 Å². The Labute approximate surface area is 135 Å². The van der Waals surface area contributed by atoms with Crippen LogP contribution in [0, 0.1) is 6.92 Å². The van der Waals surface area contributed by atoms with Crippen molar-refractivity contribution in [1.29, 1.82) is 0 Å². The van der Waals surface area contributed by atoms with Crippen molar-refractivity contribution in [1.82, 2.24) is 0 Å². The van der Waals surface area contributed by atoms with E-state index in [2.05, 4.69) is 72.9 Å². The number of rotatable bonds is 2. The van der Waals surface area contributed by atoms with E-state index in [9.17, 15) is 0 Å². The van der Waals surface area contributed by atoms with E-state index in [-0.39, 0.29) is 5.38 Å². The maximum Gasteiger partial charge on any atom is 0.0939 e. The second-order valence-corrected chi connectivity index (χ2v) is 8.20. The van der Waals surface area contributed by atoms with Crippen molar-refractivity contribution in [3.05, 3.63) is 53.0 Å². The first-order valence-electron chi connectivity index (χ1n) is 4.84. The van der Waals surface area contributed by atoms with Crippen LogP contribution >= 0.6 is 70.7 Å². The van der Waals surface area contributed by atoms with Gasteiger partial charge in [0.2, 0.25) is 0 Å². The van der Waals surface area contributed by atoms with Gasteiger partial charge in [-0.05, 0) is 56.5 Å². The summed E-state index contributed by atoms with van der Waals surface area (Å²) in [6.45, 7) is 2.07. The Morgan fingerprint density at radius 2 is 1.82 bits per heavy atom. The molecule has 5 heteroatoms. The number of hydrogen-bond acceptors (Lipinski definition) is 1. The van der Waals surface area contributed by atoms with Gasteiger partial charge in [0, 0.05) is 13.8 Å². The number of thiophene rings is 1. The zero-order valence-electron chi connectivity index (χ0n) is 8.81. The van der Waals surface area contributed by atoms with Crippen LogP contribution < -0.4 is 0 Å². The van der Waals surface area contributed by atoms with Gasteiger partial charge < -0.3 is 0 Å². The molecular weight excluding hydrogens is 451 g/mol. The van der Waals surface area contributed by atoms with Gasteiger partial charge in [-0.15, -0.1) is 22.9 Å². The molecule has 0 N–H and O–H groups in total. The molecule has 2 aromatic rings. The molecule has 1 unspecified atom stereocenters. The summed E-state index contributed by atoms with van der Waals surface area (Å²) in [6.07, 6.45) is 0. The highest BCUT2D eigenvalue weighted by atomic mass is 79.9. The highest BCUT2D eigenvalue weighted by Gasteiger charge is 2.17. The van der Waals surface area contributed by atoms with E-state index in [1.165, 1.54) is 5.56 Å². The zero-order chi connectivity index (χ0) is 12.6. The summed E-state index contributed by atoms with van der Waals surface area (Å²) >= 11 is 18.7. The number of hydrogen-bond donors (Lipinski definition) is 0. The quantitative estimate of drug-likeness (QED) is 0.440. The molecule has 1 aromatic heterocycles. The molecule has 0 spiro atoms. The van der Waals surface area contributed by atoms with Crippen LogP contribution in [0.2, 0.25) is 0 Å². The summed E-state index contributed by atoms with van der Waals surface area (Å²) < 4.78 is 3.16. The molecule has 0 saturated heterocycles. The Hall–Kier alpha value is 0.650. The van der Waals surface area contributed by atoms with Crippen molar-refractivity contribution in [2.75, 3.05) is 0 Å². The lowest BCUT2D eigenvalue weighted by molar-refractivity contribution is 1.16. The average molecular weight is 459 g/mol. The van der Waals surface area contributed by atoms with Gasteiger partial charge in [-0.3, -0.25) is 0 Å². The van der Waals surface area contributed by atoms with Gasteiger partial charge >= 0.3 is 0 Å². The van der Waals surface area contributed by atoms with Crippen LogP contribution in [-0.4, -0.2) is 0 Å². The highest BCUT2D eigenvalue weighted by molar-refractivity contribution is 9.13. The molecule has 0 aliphatic heterocycles. The van der Waals surface area contributed by atoms with Gasteiger partial charge in [0.25, 0.3) is 0 Å². The maximum atomic E-state index is 6.53. The lowest BCUT2D eigenvalue weighted by Crippen LogP contribution is -1.92. The van der Waals surface area contributed by atoms with Gasteiger partial charge in [-0.1, -0.05) is 33.6 Å². The Balaban J connectivity index is 2.42. The second-order valence-electron chi connectivity index (χ2n) is 3.66. The molecule has 1 atom stereocenters. The van der Waals surface area contributed by atoms with Crippen molar-refractivity contribution in [2.45, 2.75) is 12.3 Å². The third kappa shape index (κ3) is 3.16. The minimum atomic E-state index is -0.128. The Morgan fingerprint density at radius 1 is 1.12 bits per heavy atom. The van der Waals surface area contributed by atoms with Crippen molar-refractivity contribution in [2.24, 2.45) is 0 Å². The smallest absolute Gasteiger partial charge is 0.0939 e. The number of alkyl halides is 1. The van der Waals surface area contributed by atoms with Crippen LogP contribution in [0.3, 0.4) is 0 Å². The third-order valence-electron chi connectivity index (χ3n) is 2.34. The fraction of sp³-hybridized carbons (Fsp3) is 0.167. The summed E-state index contributed by atoms with van der Waals surface area (Å²) in [7, 11) is 0. The van der Waals surface area contributed by atoms with Crippen LogP contribution in [0.4, 0.5) is 0 Å². The molecular formula is C12H8Br3ClS. The number of aryl methyl sites for hydroxylation is 1. The van der Waals surface area contributed by atoms with Crippen molar-refractivity contribution in [3.63, 3.8) is 0 Å². The maximum absolute atomic E-state index is 6.53. The molecule has 17 heavy (non-hydrogen) atoms. The third-order valence-corrected chi connectivity index (χ3v) is 6.98. The first-order valence-corrected chi connectivity index (χ1v) is 8.47. The van der Waals surface area contributed by atoms with E-state index < -0.39 is 0 Å². The molecule has 0 fully saturated rings. The molecule has 0 radical (unpaired) electrons. The van der Waals surface area contributed by atoms with E-state index in [0.29, 0.717) is 0 Å². The van der Waals surface area contributed by atoms with Gasteiger partial charge in [-0.25, -0.2) is 0 Å². The predicted molar refractivity (Wildman–Crippen MR) is 86.3 cm³/mol. The molecule has 2 rings (SSSR count). The van der Waals surface area contributed by atoms with Gasteiger partial charge in [0.15, 0.2) is 0 Å². The summed E-state index contributed by atoms with van der Waals surface area (Å²) in [4.78, 5) is 1.12. The Kier molecular flexibility index (Phi) is 4.75. The van der Waals surface area contributed by atoms with E-state index in [1.54, 1.807) is 11.3 Å². The predicted octanol–water partition coefficient (Wildman–Crippen LogP) is 6.67. The summed E-state index contributed by atoms with van der Waals surface area (Å²) in [5, 5.41) is -0.128. The van der Waals surface area contributed by atoms with Crippen molar-refractivity contribution in [3.8, 4) is 0 Å². The lowest BCUT2D eigenvalue weighted by atomic mass is 10.1. The van der Waals surface area contributed by atoms with Gasteiger partial charge in [0.1, 0.15) is 0 Å². The number of benzene rings is 1. The highest BCUT2D eigenvalue weighted by Crippen LogP contribution is 2.42. The first kappa shape index (κ1) is 14.1. The standard InChI is InChI=1S/C12H8Br3ClS/c1-6-2-3-8(13)7(4-6)11(16)10-5-9(14)12(15)17-10/h2-5,11H,1H3. The molecule has 1 aromatic carbocycles. The molecule has 0 amide bonds. The zero-order valence-corrected chi connectivity index (χ0v) is 15.1. The molecule has 0 bridgehead atoms. The second kappa shape index (κ2) is 5.74. The van der Waals surface area contributed by atoms with E-state index in [0.717, 1.165) is 23.2 Å². The fourth-order valence-corrected chi connectivity index (χ4v) is 4.57. The molecule has 1 heterocycles. The van der Waals surface area contributed by atoms with Crippen LogP contribution in [-0.2, 0) is 0 Å². The molecule has 0 nitrogen and oxygen atoms in total. The molecule has 0 aliphatic rings. The topological polar surface area (TPSA) is 0 Å². The lowest BCUT2D eigenvalue weighted by Gasteiger charge is -2.11.